The van der Waals surface area contributed by atoms with Crippen molar-refractivity contribution in [3.63, 3.8) is 0 Å². The monoisotopic (exact) mass is 330 g/mol. The Bertz CT molecular complexity index is 483. The number of rotatable bonds is 3. The number of aromatic nitrogens is 1. The molecule has 0 aromatic carbocycles. The van der Waals surface area contributed by atoms with E-state index >= 15 is 0 Å². The zero-order valence-corrected chi connectivity index (χ0v) is 10.0. The van der Waals surface area contributed by atoms with Crippen molar-refractivity contribution in [3.8, 4) is 11.8 Å². The fraction of sp³-hybridized carbons (Fsp3) is 0.333. The Labute approximate surface area is 106 Å². The first-order valence-corrected chi connectivity index (χ1v) is 5.14. The lowest BCUT2D eigenvalue weighted by Crippen LogP contribution is -2.19. The number of hydrogen-bond acceptors (Lipinski definition) is 3. The highest BCUT2D eigenvalue weighted by molar-refractivity contribution is 9.10. The summed E-state index contributed by atoms with van der Waals surface area (Å²) in [6.07, 6.45) is -8.55. The van der Waals surface area contributed by atoms with Crippen LogP contribution in [0.4, 0.5) is 22.0 Å². The molecule has 0 aliphatic heterocycles. The first-order chi connectivity index (χ1) is 8.24. The maximum absolute atomic E-state index is 12.5. The van der Waals surface area contributed by atoms with Crippen molar-refractivity contribution in [3.05, 3.63) is 21.9 Å². The van der Waals surface area contributed by atoms with Crippen LogP contribution in [-0.4, -0.2) is 11.3 Å². The second-order valence-corrected chi connectivity index (χ2v) is 3.75. The summed E-state index contributed by atoms with van der Waals surface area (Å²) in [5.41, 5.74) is -1.11. The minimum atomic E-state index is -5.04. The number of pyridine rings is 1. The van der Waals surface area contributed by atoms with E-state index in [-0.39, 0.29) is 10.3 Å². The van der Waals surface area contributed by atoms with Crippen molar-refractivity contribution in [1.29, 1.82) is 5.26 Å². The van der Waals surface area contributed by atoms with Gasteiger partial charge < -0.3 is 4.74 Å². The maximum atomic E-state index is 12.5. The van der Waals surface area contributed by atoms with Crippen LogP contribution >= 0.6 is 15.9 Å². The molecule has 9 heteroatoms. The third kappa shape index (κ3) is 3.80. The smallest absolute Gasteiger partial charge is 0.404 e. The van der Waals surface area contributed by atoms with E-state index in [0.29, 0.717) is 6.07 Å². The van der Waals surface area contributed by atoms with Gasteiger partial charge in [0.25, 0.3) is 6.43 Å². The molecule has 0 saturated heterocycles. The van der Waals surface area contributed by atoms with Gasteiger partial charge in [0, 0.05) is 0 Å². The Morgan fingerprint density at radius 2 is 2.06 bits per heavy atom. The predicted molar refractivity (Wildman–Crippen MR) is 52.9 cm³/mol. The molecule has 0 unspecified atom stereocenters. The summed E-state index contributed by atoms with van der Waals surface area (Å²) in [5, 5.41) is 8.42. The van der Waals surface area contributed by atoms with Gasteiger partial charge in [-0.2, -0.15) is 5.26 Å². The predicted octanol–water partition coefficient (Wildman–Crippen LogP) is 3.75. The van der Waals surface area contributed by atoms with Crippen LogP contribution < -0.4 is 4.74 Å². The van der Waals surface area contributed by atoms with Crippen molar-refractivity contribution in [2.45, 2.75) is 19.2 Å². The molecule has 3 nitrogen and oxygen atoms in total. The average molecular weight is 331 g/mol. The normalized spacial score (nSPS) is 11.4. The second-order valence-electron chi connectivity index (χ2n) is 3.00. The van der Waals surface area contributed by atoms with Crippen LogP contribution in [0.3, 0.4) is 0 Å². The van der Waals surface area contributed by atoms with E-state index < -0.39 is 30.5 Å². The van der Waals surface area contributed by atoms with E-state index in [0.717, 1.165) is 0 Å². The second kappa shape index (κ2) is 5.48. The number of nitriles is 1. The van der Waals surface area contributed by atoms with Gasteiger partial charge in [0.2, 0.25) is 0 Å². The summed E-state index contributed by atoms with van der Waals surface area (Å²) in [6.45, 7) is 0. The molecule has 0 fully saturated rings. The molecule has 0 aliphatic rings. The fourth-order valence-corrected chi connectivity index (χ4v) is 1.59. The molecule has 0 saturated carbocycles. The zero-order valence-electron chi connectivity index (χ0n) is 8.43. The van der Waals surface area contributed by atoms with Crippen LogP contribution in [0.5, 0.6) is 5.75 Å². The molecule has 0 aliphatic carbocycles. The van der Waals surface area contributed by atoms with E-state index in [1.165, 1.54) is 0 Å². The van der Waals surface area contributed by atoms with E-state index in [1.807, 2.05) is 0 Å². The van der Waals surface area contributed by atoms with Gasteiger partial charge in [-0.25, -0.2) is 13.8 Å². The molecular weight excluding hydrogens is 327 g/mol. The standard InChI is InChI=1S/C9H4BrF5N2O/c10-7-4(8(11)12)3-6(18-9(13,14)15)5(17-7)1-2-16/h3,8H,1H2. The molecule has 0 radical (unpaired) electrons. The van der Waals surface area contributed by atoms with Gasteiger partial charge in [-0.05, 0) is 22.0 Å². The van der Waals surface area contributed by atoms with E-state index in [9.17, 15) is 22.0 Å². The van der Waals surface area contributed by atoms with Crippen molar-refractivity contribution < 1.29 is 26.7 Å². The Hall–Kier alpha value is -1.43. The third-order valence-corrected chi connectivity index (χ3v) is 2.38. The number of nitrogens with zero attached hydrogens (tertiary/aromatic N) is 2. The highest BCUT2D eigenvalue weighted by atomic mass is 79.9. The summed E-state index contributed by atoms with van der Waals surface area (Å²) in [6, 6.07) is 2.08. The molecule has 0 bridgehead atoms. The molecule has 98 valence electrons. The van der Waals surface area contributed by atoms with Crippen LogP contribution in [0.1, 0.15) is 17.7 Å². The quantitative estimate of drug-likeness (QED) is 0.626. The molecule has 1 rings (SSSR count). The molecule has 0 spiro atoms. The summed E-state index contributed by atoms with van der Waals surface area (Å²) < 4.78 is 64.4. The zero-order chi connectivity index (χ0) is 13.9. The summed E-state index contributed by atoms with van der Waals surface area (Å²) in [4.78, 5) is 3.46. The van der Waals surface area contributed by atoms with Crippen LogP contribution in [-0.2, 0) is 6.42 Å². The van der Waals surface area contributed by atoms with Gasteiger partial charge in [-0.3, -0.25) is 0 Å². The molecule has 1 heterocycles. The van der Waals surface area contributed by atoms with Crippen LogP contribution in [0, 0.1) is 11.3 Å². The topological polar surface area (TPSA) is 45.9 Å². The average Bonchev–Trinajstić information content (AvgIpc) is 2.19. The van der Waals surface area contributed by atoms with Crippen molar-refractivity contribution in [2.75, 3.05) is 0 Å². The SMILES string of the molecule is N#CCc1nc(Br)c(C(F)F)cc1OC(F)(F)F. The summed E-state index contributed by atoms with van der Waals surface area (Å²) in [5.74, 6) is -0.900. The minimum Gasteiger partial charge on any atom is -0.404 e. The van der Waals surface area contributed by atoms with Gasteiger partial charge >= 0.3 is 6.36 Å². The summed E-state index contributed by atoms with van der Waals surface area (Å²) in [7, 11) is 0. The summed E-state index contributed by atoms with van der Waals surface area (Å²) >= 11 is 2.69. The number of alkyl halides is 5. The Morgan fingerprint density at radius 3 is 2.50 bits per heavy atom. The molecule has 1 aromatic heterocycles. The van der Waals surface area contributed by atoms with E-state index in [2.05, 4.69) is 25.7 Å². The maximum Gasteiger partial charge on any atom is 0.573 e. The minimum absolute atomic E-state index is 0.322. The molecule has 0 N–H and O–H groups in total. The fourth-order valence-electron chi connectivity index (χ4n) is 1.09. The Kier molecular flexibility index (Phi) is 4.45. The Morgan fingerprint density at radius 1 is 1.44 bits per heavy atom. The number of hydrogen-bond donors (Lipinski definition) is 0. The lowest BCUT2D eigenvalue weighted by atomic mass is 10.2. The van der Waals surface area contributed by atoms with E-state index in [1.54, 1.807) is 6.07 Å². The molecule has 0 atom stereocenters. The lowest BCUT2D eigenvalue weighted by Gasteiger charge is -2.13. The highest BCUT2D eigenvalue weighted by Crippen LogP contribution is 2.33. The van der Waals surface area contributed by atoms with Crippen molar-refractivity contribution in [2.24, 2.45) is 0 Å². The number of ether oxygens (including phenoxy) is 1. The molecule has 1 aromatic rings. The van der Waals surface area contributed by atoms with Gasteiger partial charge in [-0.1, -0.05) is 0 Å². The van der Waals surface area contributed by atoms with Gasteiger partial charge in [0.05, 0.1) is 23.7 Å². The van der Waals surface area contributed by atoms with Crippen LogP contribution in [0.2, 0.25) is 0 Å². The Balaban J connectivity index is 3.27. The molecular formula is C9H4BrF5N2O. The largest absolute Gasteiger partial charge is 0.573 e. The third-order valence-electron chi connectivity index (χ3n) is 1.75. The van der Waals surface area contributed by atoms with Crippen LogP contribution in [0.15, 0.2) is 10.7 Å². The molecule has 18 heavy (non-hydrogen) atoms. The lowest BCUT2D eigenvalue weighted by molar-refractivity contribution is -0.275. The van der Waals surface area contributed by atoms with E-state index in [4.69, 9.17) is 5.26 Å². The van der Waals surface area contributed by atoms with Gasteiger partial charge in [0.15, 0.2) is 5.75 Å². The first-order valence-electron chi connectivity index (χ1n) is 4.34. The number of halogens is 6. The van der Waals surface area contributed by atoms with Gasteiger partial charge in [-0.15, -0.1) is 13.2 Å². The molecule has 0 amide bonds. The van der Waals surface area contributed by atoms with Crippen molar-refractivity contribution in [1.82, 2.24) is 4.98 Å². The van der Waals surface area contributed by atoms with Crippen molar-refractivity contribution >= 4 is 15.9 Å². The highest BCUT2D eigenvalue weighted by Gasteiger charge is 2.33. The van der Waals surface area contributed by atoms with Crippen LogP contribution in [0.25, 0.3) is 0 Å². The first kappa shape index (κ1) is 14.6. The van der Waals surface area contributed by atoms with Gasteiger partial charge in [0.1, 0.15) is 4.60 Å².